The van der Waals surface area contributed by atoms with Gasteiger partial charge < -0.3 is 0 Å². The van der Waals surface area contributed by atoms with Gasteiger partial charge >= 0.3 is 0 Å². The van der Waals surface area contributed by atoms with Crippen molar-refractivity contribution >= 4 is 5.78 Å². The summed E-state index contributed by atoms with van der Waals surface area (Å²) in [6.07, 6.45) is 10.2. The minimum absolute atomic E-state index is 0.352. The highest BCUT2D eigenvalue weighted by Crippen LogP contribution is 2.56. The largest absolute Gasteiger partial charge is 0.299 e. The van der Waals surface area contributed by atoms with Crippen LogP contribution in [0.2, 0.25) is 0 Å². The molecule has 0 aromatic carbocycles. The topological polar surface area (TPSA) is 30.0 Å². The number of carbonyl (C=O) groups is 1. The summed E-state index contributed by atoms with van der Waals surface area (Å²) >= 11 is 0. The van der Waals surface area contributed by atoms with Crippen LogP contribution in [-0.4, -0.2) is 10.8 Å². The molecule has 4 bridgehead atoms. The first-order chi connectivity index (χ1) is 10.2. The van der Waals surface area contributed by atoms with Crippen molar-refractivity contribution in [2.75, 3.05) is 0 Å². The standard InChI is InChI=1S/C19H25NO/c1-2-12-3-4-17(20-11-12)10-18(21)19-15-6-13-5-14(8-15)9-16(19)7-13/h3-4,11,13-16,19H,2,5-10H2,1H3. The third-order valence-corrected chi connectivity index (χ3v) is 6.25. The third-order valence-electron chi connectivity index (χ3n) is 6.25. The molecule has 0 saturated heterocycles. The van der Waals surface area contributed by atoms with Crippen LogP contribution in [0, 0.1) is 29.6 Å². The summed E-state index contributed by atoms with van der Waals surface area (Å²) in [5.41, 5.74) is 2.21. The Morgan fingerprint density at radius 2 is 1.76 bits per heavy atom. The number of ketones is 1. The summed E-state index contributed by atoms with van der Waals surface area (Å²) < 4.78 is 0. The molecule has 112 valence electrons. The van der Waals surface area contributed by atoms with E-state index in [1.807, 2.05) is 12.3 Å². The molecule has 0 spiro atoms. The molecule has 5 rings (SSSR count). The Balaban J connectivity index is 1.47. The zero-order chi connectivity index (χ0) is 14.4. The first kappa shape index (κ1) is 13.5. The number of aryl methyl sites for hydroxylation is 1. The molecule has 0 radical (unpaired) electrons. The van der Waals surface area contributed by atoms with Gasteiger partial charge in [-0.05, 0) is 73.8 Å². The second-order valence-electron chi connectivity index (χ2n) is 7.61. The summed E-state index contributed by atoms with van der Waals surface area (Å²) in [7, 11) is 0. The van der Waals surface area contributed by atoms with Crippen LogP contribution in [0.15, 0.2) is 18.3 Å². The lowest BCUT2D eigenvalue weighted by Gasteiger charge is -2.53. The Morgan fingerprint density at radius 3 is 2.29 bits per heavy atom. The number of nitrogens with zero attached hydrogens (tertiary/aromatic N) is 1. The minimum Gasteiger partial charge on any atom is -0.299 e. The van der Waals surface area contributed by atoms with Crippen LogP contribution in [0.1, 0.15) is 50.3 Å². The van der Waals surface area contributed by atoms with E-state index in [1.165, 1.54) is 37.7 Å². The van der Waals surface area contributed by atoms with E-state index in [1.54, 1.807) is 0 Å². The Hall–Kier alpha value is -1.18. The highest BCUT2D eigenvalue weighted by Gasteiger charge is 2.50. The van der Waals surface area contributed by atoms with Crippen LogP contribution in [-0.2, 0) is 17.6 Å². The third kappa shape index (κ3) is 2.43. The maximum absolute atomic E-state index is 12.8. The van der Waals surface area contributed by atoms with Gasteiger partial charge in [0, 0.05) is 24.2 Å². The lowest BCUT2D eigenvalue weighted by molar-refractivity contribution is -0.135. The number of hydrogen-bond acceptors (Lipinski definition) is 2. The van der Waals surface area contributed by atoms with Crippen molar-refractivity contribution in [2.45, 2.75) is 51.9 Å². The highest BCUT2D eigenvalue weighted by atomic mass is 16.1. The number of pyridine rings is 1. The summed E-state index contributed by atoms with van der Waals surface area (Å²) in [6, 6.07) is 4.17. The average molecular weight is 283 g/mol. The van der Waals surface area contributed by atoms with E-state index in [2.05, 4.69) is 18.0 Å². The van der Waals surface area contributed by atoms with Gasteiger partial charge in [-0.3, -0.25) is 9.78 Å². The van der Waals surface area contributed by atoms with Gasteiger partial charge in [-0.1, -0.05) is 13.0 Å². The maximum atomic E-state index is 12.8. The van der Waals surface area contributed by atoms with E-state index >= 15 is 0 Å². The summed E-state index contributed by atoms with van der Waals surface area (Å²) in [4.78, 5) is 17.3. The SMILES string of the molecule is CCc1ccc(CC(=O)C2C3CC4CC(C3)CC2C4)nc1. The van der Waals surface area contributed by atoms with Crippen LogP contribution in [0.25, 0.3) is 0 Å². The van der Waals surface area contributed by atoms with Crippen molar-refractivity contribution in [3.8, 4) is 0 Å². The molecule has 1 aromatic rings. The Labute approximate surface area is 127 Å². The first-order valence-corrected chi connectivity index (χ1v) is 8.69. The fourth-order valence-electron chi connectivity index (χ4n) is 5.52. The molecule has 2 heteroatoms. The molecular weight excluding hydrogens is 258 g/mol. The van der Waals surface area contributed by atoms with E-state index in [9.17, 15) is 4.79 Å². The molecule has 1 aromatic heterocycles. The molecule has 4 aliphatic rings. The number of hydrogen-bond donors (Lipinski definition) is 0. The number of carbonyl (C=O) groups excluding carboxylic acids is 1. The van der Waals surface area contributed by atoms with Gasteiger partial charge in [0.05, 0.1) is 0 Å². The normalized spacial score (nSPS) is 36.9. The van der Waals surface area contributed by atoms with E-state index < -0.39 is 0 Å². The van der Waals surface area contributed by atoms with E-state index in [0.29, 0.717) is 30.0 Å². The molecule has 0 aliphatic heterocycles. The molecule has 2 nitrogen and oxygen atoms in total. The van der Waals surface area contributed by atoms with E-state index in [-0.39, 0.29) is 0 Å². The van der Waals surface area contributed by atoms with Gasteiger partial charge in [-0.2, -0.15) is 0 Å². The van der Waals surface area contributed by atoms with Crippen molar-refractivity contribution in [3.05, 3.63) is 29.6 Å². The fourth-order valence-corrected chi connectivity index (χ4v) is 5.52. The second kappa shape index (κ2) is 5.23. The Bertz CT molecular complexity index is 505. The van der Waals surface area contributed by atoms with Crippen LogP contribution in [0.4, 0.5) is 0 Å². The molecular formula is C19H25NO. The molecule has 1 heterocycles. The molecule has 0 unspecified atom stereocenters. The van der Waals surface area contributed by atoms with Crippen molar-refractivity contribution in [1.82, 2.24) is 4.98 Å². The average Bonchev–Trinajstić information content (AvgIpc) is 2.47. The first-order valence-electron chi connectivity index (χ1n) is 8.69. The molecule has 0 N–H and O–H groups in total. The molecule has 4 aliphatic carbocycles. The number of aromatic nitrogens is 1. The molecule has 4 fully saturated rings. The van der Waals surface area contributed by atoms with Gasteiger partial charge in [-0.25, -0.2) is 0 Å². The highest BCUT2D eigenvalue weighted by molar-refractivity contribution is 5.83. The van der Waals surface area contributed by atoms with Crippen LogP contribution >= 0.6 is 0 Å². The van der Waals surface area contributed by atoms with Crippen molar-refractivity contribution in [1.29, 1.82) is 0 Å². The van der Waals surface area contributed by atoms with E-state index in [0.717, 1.165) is 24.0 Å². The molecule has 4 saturated carbocycles. The molecule has 0 amide bonds. The summed E-state index contributed by atoms with van der Waals surface area (Å²) in [5.74, 6) is 4.11. The zero-order valence-corrected chi connectivity index (χ0v) is 12.9. The van der Waals surface area contributed by atoms with Gasteiger partial charge in [0.1, 0.15) is 5.78 Å². The lowest BCUT2D eigenvalue weighted by atomic mass is 9.51. The Kier molecular flexibility index (Phi) is 3.35. The predicted molar refractivity (Wildman–Crippen MR) is 82.9 cm³/mol. The van der Waals surface area contributed by atoms with Crippen molar-refractivity contribution in [2.24, 2.45) is 29.6 Å². The van der Waals surface area contributed by atoms with Gasteiger partial charge in [0.2, 0.25) is 0 Å². The van der Waals surface area contributed by atoms with Gasteiger partial charge in [0.15, 0.2) is 0 Å². The Morgan fingerprint density at radius 1 is 1.10 bits per heavy atom. The number of rotatable bonds is 4. The van der Waals surface area contributed by atoms with E-state index in [4.69, 9.17) is 0 Å². The smallest absolute Gasteiger partial charge is 0.142 e. The predicted octanol–water partition coefficient (Wildman–Crippen LogP) is 3.83. The maximum Gasteiger partial charge on any atom is 0.142 e. The molecule has 21 heavy (non-hydrogen) atoms. The quantitative estimate of drug-likeness (QED) is 0.840. The minimum atomic E-state index is 0.352. The van der Waals surface area contributed by atoms with Gasteiger partial charge in [-0.15, -0.1) is 0 Å². The second-order valence-corrected chi connectivity index (χ2v) is 7.61. The van der Waals surface area contributed by atoms with Crippen molar-refractivity contribution < 1.29 is 4.79 Å². The lowest BCUT2D eigenvalue weighted by Crippen LogP contribution is -2.48. The van der Waals surface area contributed by atoms with Gasteiger partial charge in [0.25, 0.3) is 0 Å². The van der Waals surface area contributed by atoms with Crippen LogP contribution in [0.5, 0.6) is 0 Å². The zero-order valence-electron chi connectivity index (χ0n) is 12.9. The summed E-state index contributed by atoms with van der Waals surface area (Å²) in [5, 5.41) is 0. The fraction of sp³-hybridized carbons (Fsp3) is 0.684. The van der Waals surface area contributed by atoms with Crippen molar-refractivity contribution in [3.63, 3.8) is 0 Å². The molecule has 0 atom stereocenters. The summed E-state index contributed by atoms with van der Waals surface area (Å²) in [6.45, 7) is 2.14. The van der Waals surface area contributed by atoms with Crippen LogP contribution < -0.4 is 0 Å². The monoisotopic (exact) mass is 283 g/mol. The number of Topliss-reactive ketones (excluding diaryl/α,β-unsaturated/α-hetero) is 1. The van der Waals surface area contributed by atoms with Crippen LogP contribution in [0.3, 0.4) is 0 Å².